The van der Waals surface area contributed by atoms with Crippen LogP contribution in [-0.4, -0.2) is 29.4 Å². The molecule has 0 atom stereocenters. The van der Waals surface area contributed by atoms with Gasteiger partial charge in [-0.05, 0) is 58.7 Å². The standard InChI is InChI=1S/C33H28N2O3/c1-37-28-15-9-23(10-16-28)22-38-29-17-12-24(13-18-29)30-7-4-6-26-21-35(33(36)32(26)30)20-19-27-14-11-25-5-2-3-8-31(25)34-27/h2-18H,19-22H2,1H3. The van der Waals surface area contributed by atoms with E-state index in [-0.39, 0.29) is 5.91 Å². The Hall–Kier alpha value is -4.64. The van der Waals surface area contributed by atoms with Gasteiger partial charge in [-0.3, -0.25) is 9.78 Å². The normalized spacial score (nSPS) is 12.6. The lowest BCUT2D eigenvalue weighted by atomic mass is 9.97. The van der Waals surface area contributed by atoms with Crippen LogP contribution in [0.5, 0.6) is 11.5 Å². The highest BCUT2D eigenvalue weighted by Gasteiger charge is 2.29. The molecule has 0 saturated carbocycles. The number of para-hydroxylation sites is 1. The SMILES string of the molecule is COc1ccc(COc2ccc(-c3cccc4c3C(=O)N(CCc3ccc5ccccc5n3)C4)cc2)cc1. The van der Waals surface area contributed by atoms with Crippen molar-refractivity contribution in [2.75, 3.05) is 13.7 Å². The number of rotatable bonds is 8. The van der Waals surface area contributed by atoms with Gasteiger partial charge in [0.05, 0.1) is 18.2 Å². The van der Waals surface area contributed by atoms with Gasteiger partial charge in [0.1, 0.15) is 18.1 Å². The Morgan fingerprint density at radius 3 is 2.42 bits per heavy atom. The topological polar surface area (TPSA) is 51.7 Å². The Bertz CT molecular complexity index is 1590. The minimum atomic E-state index is 0.0798. The highest BCUT2D eigenvalue weighted by Crippen LogP contribution is 2.33. The van der Waals surface area contributed by atoms with E-state index in [0.717, 1.165) is 62.3 Å². The monoisotopic (exact) mass is 500 g/mol. The summed E-state index contributed by atoms with van der Waals surface area (Å²) in [7, 11) is 1.66. The van der Waals surface area contributed by atoms with E-state index in [1.54, 1.807) is 7.11 Å². The number of methoxy groups -OCH3 is 1. The third kappa shape index (κ3) is 4.83. The summed E-state index contributed by atoms with van der Waals surface area (Å²) in [5, 5.41) is 1.13. The van der Waals surface area contributed by atoms with Gasteiger partial charge in [0, 0.05) is 30.6 Å². The van der Waals surface area contributed by atoms with Crippen LogP contribution in [0.15, 0.2) is 103 Å². The summed E-state index contributed by atoms with van der Waals surface area (Å²) in [5.74, 6) is 1.69. The van der Waals surface area contributed by atoms with Gasteiger partial charge in [0.15, 0.2) is 0 Å². The fourth-order valence-corrected chi connectivity index (χ4v) is 4.96. The number of aromatic nitrogens is 1. The minimum absolute atomic E-state index is 0.0798. The van der Waals surface area contributed by atoms with Gasteiger partial charge in [0.2, 0.25) is 0 Å². The molecule has 0 fully saturated rings. The molecule has 1 aromatic heterocycles. The minimum Gasteiger partial charge on any atom is -0.497 e. The van der Waals surface area contributed by atoms with Crippen molar-refractivity contribution in [3.63, 3.8) is 0 Å². The number of carbonyl (C=O) groups excluding carboxylic acids is 1. The molecule has 188 valence electrons. The summed E-state index contributed by atoms with van der Waals surface area (Å²) in [6.45, 7) is 1.73. The van der Waals surface area contributed by atoms with Crippen molar-refractivity contribution >= 4 is 16.8 Å². The second kappa shape index (κ2) is 10.4. The number of fused-ring (bicyclic) bond motifs is 2. The molecule has 5 heteroatoms. The van der Waals surface area contributed by atoms with Gasteiger partial charge in [-0.25, -0.2) is 0 Å². The Kier molecular flexibility index (Phi) is 6.49. The first-order valence-electron chi connectivity index (χ1n) is 12.8. The van der Waals surface area contributed by atoms with Crippen molar-refractivity contribution in [1.29, 1.82) is 0 Å². The number of pyridine rings is 1. The van der Waals surface area contributed by atoms with Crippen molar-refractivity contribution in [1.82, 2.24) is 9.88 Å². The summed E-state index contributed by atoms with van der Waals surface area (Å²) in [4.78, 5) is 20.2. The Morgan fingerprint density at radius 2 is 1.61 bits per heavy atom. The smallest absolute Gasteiger partial charge is 0.255 e. The Balaban J connectivity index is 1.13. The van der Waals surface area contributed by atoms with Crippen LogP contribution in [0.3, 0.4) is 0 Å². The zero-order valence-electron chi connectivity index (χ0n) is 21.3. The number of hydrogen-bond acceptors (Lipinski definition) is 4. The van der Waals surface area contributed by atoms with E-state index in [4.69, 9.17) is 14.5 Å². The fourth-order valence-electron chi connectivity index (χ4n) is 4.96. The van der Waals surface area contributed by atoms with E-state index in [0.29, 0.717) is 19.7 Å². The van der Waals surface area contributed by atoms with E-state index in [9.17, 15) is 4.79 Å². The number of nitrogens with zero attached hydrogens (tertiary/aromatic N) is 2. The van der Waals surface area contributed by atoms with E-state index < -0.39 is 0 Å². The molecule has 0 saturated heterocycles. The summed E-state index contributed by atoms with van der Waals surface area (Å²) in [5.41, 5.74) is 6.88. The van der Waals surface area contributed by atoms with Crippen LogP contribution in [0.4, 0.5) is 0 Å². The zero-order chi connectivity index (χ0) is 25.9. The van der Waals surface area contributed by atoms with Gasteiger partial charge in [-0.1, -0.05) is 66.7 Å². The molecular formula is C33H28N2O3. The molecular weight excluding hydrogens is 472 g/mol. The average molecular weight is 501 g/mol. The van der Waals surface area contributed by atoms with Crippen LogP contribution in [0.25, 0.3) is 22.0 Å². The van der Waals surface area contributed by atoms with E-state index in [1.807, 2.05) is 83.8 Å². The van der Waals surface area contributed by atoms with Crippen LogP contribution in [0.2, 0.25) is 0 Å². The Morgan fingerprint density at radius 1 is 0.816 bits per heavy atom. The molecule has 38 heavy (non-hydrogen) atoms. The maximum atomic E-state index is 13.5. The van der Waals surface area contributed by atoms with E-state index in [2.05, 4.69) is 24.3 Å². The second-order valence-corrected chi connectivity index (χ2v) is 9.47. The van der Waals surface area contributed by atoms with Crippen LogP contribution in [0, 0.1) is 0 Å². The summed E-state index contributed by atoms with van der Waals surface area (Å²) >= 11 is 0. The lowest BCUT2D eigenvalue weighted by molar-refractivity contribution is 0.0780. The lowest BCUT2D eigenvalue weighted by Gasteiger charge is -2.15. The molecule has 1 aliphatic heterocycles. The molecule has 5 aromatic rings. The third-order valence-corrected chi connectivity index (χ3v) is 7.04. The van der Waals surface area contributed by atoms with Crippen molar-refractivity contribution in [2.45, 2.75) is 19.6 Å². The van der Waals surface area contributed by atoms with E-state index >= 15 is 0 Å². The maximum Gasteiger partial charge on any atom is 0.255 e. The van der Waals surface area contributed by atoms with E-state index in [1.165, 1.54) is 0 Å². The van der Waals surface area contributed by atoms with Crippen LogP contribution >= 0.6 is 0 Å². The summed E-state index contributed by atoms with van der Waals surface area (Å²) in [6.07, 6.45) is 0.722. The average Bonchev–Trinajstić information content (AvgIpc) is 3.30. The third-order valence-electron chi connectivity index (χ3n) is 7.04. The molecule has 1 aliphatic rings. The van der Waals surface area contributed by atoms with Crippen molar-refractivity contribution in [3.05, 3.63) is 126 Å². The maximum absolute atomic E-state index is 13.5. The largest absolute Gasteiger partial charge is 0.497 e. The van der Waals surface area contributed by atoms with Crippen LogP contribution in [0.1, 0.15) is 27.2 Å². The zero-order valence-corrected chi connectivity index (χ0v) is 21.3. The molecule has 5 nitrogen and oxygen atoms in total. The highest BCUT2D eigenvalue weighted by molar-refractivity contribution is 6.04. The van der Waals surface area contributed by atoms with Crippen LogP contribution in [-0.2, 0) is 19.6 Å². The number of carbonyl (C=O) groups is 1. The lowest BCUT2D eigenvalue weighted by Crippen LogP contribution is -2.26. The van der Waals surface area contributed by atoms with Gasteiger partial charge in [0.25, 0.3) is 5.91 Å². The Labute approximate surface area is 222 Å². The first kappa shape index (κ1) is 23.7. The van der Waals surface area contributed by atoms with Crippen molar-refractivity contribution in [2.24, 2.45) is 0 Å². The quantitative estimate of drug-likeness (QED) is 0.238. The number of benzene rings is 4. The number of ether oxygens (including phenoxy) is 2. The predicted molar refractivity (Wildman–Crippen MR) is 149 cm³/mol. The summed E-state index contributed by atoms with van der Waals surface area (Å²) in [6, 6.07) is 34.2. The molecule has 0 radical (unpaired) electrons. The van der Waals surface area contributed by atoms with Crippen LogP contribution < -0.4 is 9.47 Å². The van der Waals surface area contributed by atoms with Crippen molar-refractivity contribution < 1.29 is 14.3 Å². The molecule has 0 N–H and O–H groups in total. The summed E-state index contributed by atoms with van der Waals surface area (Å²) < 4.78 is 11.2. The van der Waals surface area contributed by atoms with Gasteiger partial charge >= 0.3 is 0 Å². The van der Waals surface area contributed by atoms with Gasteiger partial charge in [-0.15, -0.1) is 0 Å². The van der Waals surface area contributed by atoms with Gasteiger partial charge in [-0.2, -0.15) is 0 Å². The molecule has 4 aromatic carbocycles. The van der Waals surface area contributed by atoms with Gasteiger partial charge < -0.3 is 14.4 Å². The molecule has 0 spiro atoms. The molecule has 2 heterocycles. The highest BCUT2D eigenvalue weighted by atomic mass is 16.5. The molecule has 1 amide bonds. The molecule has 6 rings (SSSR count). The molecule has 0 bridgehead atoms. The van der Waals surface area contributed by atoms with Crippen molar-refractivity contribution in [3.8, 4) is 22.6 Å². The number of hydrogen-bond donors (Lipinski definition) is 0. The first-order chi connectivity index (χ1) is 18.7. The predicted octanol–water partition coefficient (Wildman–Crippen LogP) is 6.69. The fraction of sp³-hybridized carbons (Fsp3) is 0.152. The number of amides is 1. The molecule has 0 unspecified atom stereocenters. The first-order valence-corrected chi connectivity index (χ1v) is 12.8. The second-order valence-electron chi connectivity index (χ2n) is 9.47. The molecule has 0 aliphatic carbocycles.